The maximum atomic E-state index is 13.2. The highest BCUT2D eigenvalue weighted by molar-refractivity contribution is 5.94. The summed E-state index contributed by atoms with van der Waals surface area (Å²) in [7, 11) is 0. The van der Waals surface area contributed by atoms with Crippen molar-refractivity contribution in [3.63, 3.8) is 0 Å². The Labute approximate surface area is 201 Å². The molecule has 0 aromatic heterocycles. The minimum atomic E-state index is -0.741. The van der Waals surface area contributed by atoms with Crippen LogP contribution in [0.25, 0.3) is 0 Å². The van der Waals surface area contributed by atoms with Gasteiger partial charge in [-0.15, -0.1) is 0 Å². The van der Waals surface area contributed by atoms with Crippen molar-refractivity contribution < 1.29 is 28.9 Å². The fraction of sp³-hybridized carbons (Fsp3) is 0.680. The Balaban J connectivity index is 1.27. The molecule has 34 heavy (non-hydrogen) atoms. The maximum absolute atomic E-state index is 13.2. The summed E-state index contributed by atoms with van der Waals surface area (Å²) in [6.45, 7) is 5.72. The molecule has 3 aliphatic heterocycles. The van der Waals surface area contributed by atoms with Gasteiger partial charge in [0.15, 0.2) is 0 Å². The van der Waals surface area contributed by atoms with Crippen LogP contribution in [0.1, 0.15) is 36.0 Å². The Bertz CT molecular complexity index is 788. The standard InChI is InChI=1S/C25H37N3O6/c29-20-16-28(25(31)19-5-2-1-3-6-19)22-8-7-21(34-23(22)18-33-17-20)15-24(30)26-9-4-10-27-11-13-32-14-12-27/h1-3,5-6,20-23,29H,4,7-18H2,(H,26,30)/t20-,21+,22-,23+/m1/s1. The summed E-state index contributed by atoms with van der Waals surface area (Å²) in [6.07, 6.45) is 1.32. The molecule has 1 aromatic carbocycles. The third kappa shape index (κ3) is 6.99. The predicted octanol–water partition coefficient (Wildman–Crippen LogP) is 0.665. The second-order valence-electron chi connectivity index (χ2n) is 9.32. The zero-order valence-electron chi connectivity index (χ0n) is 19.8. The van der Waals surface area contributed by atoms with Crippen molar-refractivity contribution in [1.29, 1.82) is 0 Å². The molecule has 4 rings (SSSR count). The van der Waals surface area contributed by atoms with Crippen molar-refractivity contribution in [1.82, 2.24) is 15.1 Å². The van der Waals surface area contributed by atoms with E-state index in [-0.39, 0.29) is 49.8 Å². The number of aliphatic hydroxyl groups is 1. The first-order valence-electron chi connectivity index (χ1n) is 12.4. The van der Waals surface area contributed by atoms with Crippen LogP contribution in [0.2, 0.25) is 0 Å². The number of amides is 2. The molecule has 0 spiro atoms. The number of aliphatic hydroxyl groups excluding tert-OH is 1. The molecule has 9 nitrogen and oxygen atoms in total. The van der Waals surface area contributed by atoms with Gasteiger partial charge in [0.1, 0.15) is 6.10 Å². The Morgan fingerprint density at radius 2 is 1.85 bits per heavy atom. The molecule has 4 atom stereocenters. The van der Waals surface area contributed by atoms with Gasteiger partial charge in [-0.3, -0.25) is 14.5 Å². The summed E-state index contributed by atoms with van der Waals surface area (Å²) in [6, 6.07) is 8.92. The molecule has 0 radical (unpaired) electrons. The number of benzene rings is 1. The highest BCUT2D eigenvalue weighted by Crippen LogP contribution is 2.28. The second kappa shape index (κ2) is 12.6. The van der Waals surface area contributed by atoms with Crippen LogP contribution in [0.15, 0.2) is 30.3 Å². The molecule has 3 heterocycles. The number of morpholine rings is 1. The summed E-state index contributed by atoms with van der Waals surface area (Å²) in [5.41, 5.74) is 0.591. The molecular formula is C25H37N3O6. The SMILES string of the molecule is O=C(C[C@@H]1CC[C@@H]2[C@H](COC[C@H](O)CN2C(=O)c2ccccc2)O1)NCCCN1CCOCC1. The molecule has 0 saturated carbocycles. The Hall–Kier alpha value is -2.04. The first-order chi connectivity index (χ1) is 16.6. The minimum Gasteiger partial charge on any atom is -0.389 e. The van der Waals surface area contributed by atoms with E-state index in [1.165, 1.54) is 0 Å². The van der Waals surface area contributed by atoms with E-state index in [9.17, 15) is 14.7 Å². The normalized spacial score (nSPS) is 28.4. The van der Waals surface area contributed by atoms with Crippen LogP contribution in [-0.2, 0) is 19.0 Å². The van der Waals surface area contributed by atoms with Gasteiger partial charge in [-0.1, -0.05) is 18.2 Å². The van der Waals surface area contributed by atoms with Crippen molar-refractivity contribution in [2.24, 2.45) is 0 Å². The van der Waals surface area contributed by atoms with E-state index >= 15 is 0 Å². The second-order valence-corrected chi connectivity index (χ2v) is 9.32. The van der Waals surface area contributed by atoms with Gasteiger partial charge >= 0.3 is 0 Å². The fourth-order valence-electron chi connectivity index (χ4n) is 4.96. The third-order valence-corrected chi connectivity index (χ3v) is 6.75. The molecule has 3 fully saturated rings. The lowest BCUT2D eigenvalue weighted by Gasteiger charge is -2.44. The predicted molar refractivity (Wildman–Crippen MR) is 125 cm³/mol. The van der Waals surface area contributed by atoms with Crippen LogP contribution in [0, 0.1) is 0 Å². The van der Waals surface area contributed by atoms with Crippen molar-refractivity contribution in [3.05, 3.63) is 35.9 Å². The van der Waals surface area contributed by atoms with E-state index in [0.29, 0.717) is 31.4 Å². The Morgan fingerprint density at radius 1 is 1.06 bits per heavy atom. The number of carbonyl (C=O) groups is 2. The smallest absolute Gasteiger partial charge is 0.254 e. The lowest BCUT2D eigenvalue weighted by atomic mass is 9.94. The average molecular weight is 476 g/mol. The minimum absolute atomic E-state index is 0.00942. The largest absolute Gasteiger partial charge is 0.389 e. The highest BCUT2D eigenvalue weighted by Gasteiger charge is 2.40. The molecule has 0 bridgehead atoms. The molecule has 1 aromatic rings. The van der Waals surface area contributed by atoms with E-state index in [1.54, 1.807) is 17.0 Å². The van der Waals surface area contributed by atoms with Crippen LogP contribution in [0.3, 0.4) is 0 Å². The number of hydrogen-bond donors (Lipinski definition) is 2. The van der Waals surface area contributed by atoms with E-state index in [2.05, 4.69) is 10.2 Å². The van der Waals surface area contributed by atoms with E-state index in [1.807, 2.05) is 18.2 Å². The summed E-state index contributed by atoms with van der Waals surface area (Å²) in [5, 5.41) is 13.3. The van der Waals surface area contributed by atoms with Crippen molar-refractivity contribution in [3.8, 4) is 0 Å². The molecule has 0 unspecified atom stereocenters. The lowest BCUT2D eigenvalue weighted by molar-refractivity contribution is -0.150. The zero-order chi connectivity index (χ0) is 23.8. The number of nitrogens with one attached hydrogen (secondary N) is 1. The first kappa shape index (κ1) is 25.1. The quantitative estimate of drug-likeness (QED) is 0.559. The van der Waals surface area contributed by atoms with Crippen LogP contribution in [0.4, 0.5) is 0 Å². The number of carbonyl (C=O) groups excluding carboxylic acids is 2. The first-order valence-corrected chi connectivity index (χ1v) is 12.4. The average Bonchev–Trinajstić information content (AvgIpc) is 2.85. The van der Waals surface area contributed by atoms with Gasteiger partial charge in [0, 0.05) is 31.7 Å². The summed E-state index contributed by atoms with van der Waals surface area (Å²) in [5.74, 6) is -0.124. The summed E-state index contributed by atoms with van der Waals surface area (Å²) < 4.78 is 17.3. The number of hydrogen-bond acceptors (Lipinski definition) is 7. The van der Waals surface area contributed by atoms with Crippen LogP contribution >= 0.6 is 0 Å². The number of ether oxygens (including phenoxy) is 3. The van der Waals surface area contributed by atoms with Gasteiger partial charge in [0.2, 0.25) is 5.91 Å². The summed E-state index contributed by atoms with van der Waals surface area (Å²) >= 11 is 0. The van der Waals surface area contributed by atoms with E-state index < -0.39 is 6.10 Å². The molecule has 2 amide bonds. The molecule has 3 saturated heterocycles. The maximum Gasteiger partial charge on any atom is 0.254 e. The van der Waals surface area contributed by atoms with E-state index in [0.717, 1.165) is 39.3 Å². The number of nitrogens with zero attached hydrogens (tertiary/aromatic N) is 2. The van der Waals surface area contributed by atoms with Gasteiger partial charge in [-0.2, -0.15) is 0 Å². The fourth-order valence-corrected chi connectivity index (χ4v) is 4.96. The molecule has 9 heteroatoms. The zero-order valence-corrected chi connectivity index (χ0v) is 19.8. The summed E-state index contributed by atoms with van der Waals surface area (Å²) in [4.78, 5) is 29.8. The van der Waals surface area contributed by atoms with Gasteiger partial charge < -0.3 is 29.5 Å². The van der Waals surface area contributed by atoms with Gasteiger partial charge in [-0.05, 0) is 37.9 Å². The molecular weight excluding hydrogens is 438 g/mol. The van der Waals surface area contributed by atoms with Crippen molar-refractivity contribution in [2.75, 3.05) is 59.2 Å². The topological polar surface area (TPSA) is 101 Å². The molecule has 188 valence electrons. The molecule has 3 aliphatic rings. The van der Waals surface area contributed by atoms with Crippen LogP contribution in [-0.4, -0.2) is 110 Å². The van der Waals surface area contributed by atoms with Crippen LogP contribution < -0.4 is 5.32 Å². The van der Waals surface area contributed by atoms with Crippen molar-refractivity contribution >= 4 is 11.8 Å². The van der Waals surface area contributed by atoms with Gasteiger partial charge in [0.05, 0.1) is 51.1 Å². The van der Waals surface area contributed by atoms with E-state index in [4.69, 9.17) is 14.2 Å². The highest BCUT2D eigenvalue weighted by atomic mass is 16.5. The van der Waals surface area contributed by atoms with Gasteiger partial charge in [-0.25, -0.2) is 0 Å². The molecule has 0 aliphatic carbocycles. The Morgan fingerprint density at radius 3 is 2.65 bits per heavy atom. The third-order valence-electron chi connectivity index (χ3n) is 6.75. The Kier molecular flexibility index (Phi) is 9.29. The van der Waals surface area contributed by atoms with Gasteiger partial charge in [0.25, 0.3) is 5.91 Å². The molecule has 2 N–H and O–H groups in total. The van der Waals surface area contributed by atoms with Crippen LogP contribution in [0.5, 0.6) is 0 Å². The lowest BCUT2D eigenvalue weighted by Crippen LogP contribution is -2.57. The number of β-amino-alcohol motifs (C(OH)–C–C–N with tert-alkyl or cyclic N) is 1. The monoisotopic (exact) mass is 475 g/mol. The van der Waals surface area contributed by atoms with Crippen molar-refractivity contribution in [2.45, 2.75) is 50.0 Å². The number of rotatable bonds is 7. The number of fused-ring (bicyclic) bond motifs is 1.